The molecule has 26 heavy (non-hydrogen) atoms. The van der Waals surface area contributed by atoms with Crippen molar-refractivity contribution in [1.82, 2.24) is 10.6 Å². The highest BCUT2D eigenvalue weighted by Gasteiger charge is 2.21. The average Bonchev–Trinajstić information content (AvgIpc) is 2.68. The zero-order chi connectivity index (χ0) is 18.9. The van der Waals surface area contributed by atoms with E-state index in [0.717, 1.165) is 19.3 Å². The van der Waals surface area contributed by atoms with Crippen LogP contribution in [0.25, 0.3) is 0 Å². The van der Waals surface area contributed by atoms with E-state index in [1.54, 1.807) is 18.2 Å². The molecular formula is C18H20N4O4. The van der Waals surface area contributed by atoms with E-state index in [1.165, 1.54) is 19.2 Å². The smallest absolute Gasteiger partial charge is 0.339 e. The molecule has 8 heteroatoms. The van der Waals surface area contributed by atoms with Crippen molar-refractivity contribution in [3.8, 4) is 6.07 Å². The Morgan fingerprint density at radius 2 is 1.96 bits per heavy atom. The van der Waals surface area contributed by atoms with Crippen molar-refractivity contribution >= 4 is 23.5 Å². The molecule has 2 rings (SSSR count). The van der Waals surface area contributed by atoms with Crippen LogP contribution in [0.5, 0.6) is 0 Å². The van der Waals surface area contributed by atoms with E-state index < -0.39 is 11.9 Å². The second-order valence-electron chi connectivity index (χ2n) is 5.69. The highest BCUT2D eigenvalue weighted by molar-refractivity contribution is 6.09. The number of carbonyl (C=O) groups is 3. The molecule has 1 saturated heterocycles. The maximum absolute atomic E-state index is 12.3. The Morgan fingerprint density at radius 1 is 1.27 bits per heavy atom. The van der Waals surface area contributed by atoms with Gasteiger partial charge < -0.3 is 20.7 Å². The molecule has 3 N–H and O–H groups in total. The lowest BCUT2D eigenvalue weighted by Gasteiger charge is -2.20. The summed E-state index contributed by atoms with van der Waals surface area (Å²) in [5.41, 5.74) is 0.113. The molecule has 1 heterocycles. The monoisotopic (exact) mass is 356 g/mol. The van der Waals surface area contributed by atoms with Crippen molar-refractivity contribution in [2.45, 2.75) is 12.8 Å². The van der Waals surface area contributed by atoms with E-state index in [4.69, 9.17) is 0 Å². The number of carbonyl (C=O) groups excluding carboxylic acids is 3. The van der Waals surface area contributed by atoms with Gasteiger partial charge in [-0.15, -0.1) is 0 Å². The summed E-state index contributed by atoms with van der Waals surface area (Å²) >= 11 is 0. The normalized spacial score (nSPS) is 14.8. The summed E-state index contributed by atoms with van der Waals surface area (Å²) in [6.45, 7) is 1.52. The molecule has 0 saturated carbocycles. The van der Waals surface area contributed by atoms with Gasteiger partial charge in [-0.1, -0.05) is 12.1 Å². The van der Waals surface area contributed by atoms with Gasteiger partial charge in [0.25, 0.3) is 5.91 Å². The minimum absolute atomic E-state index is 0.143. The Morgan fingerprint density at radius 3 is 2.62 bits per heavy atom. The molecule has 1 aromatic carbocycles. The topological polar surface area (TPSA) is 120 Å². The number of ether oxygens (including phenoxy) is 1. The lowest BCUT2D eigenvalue weighted by molar-refractivity contribution is -0.124. The molecule has 0 aliphatic carbocycles. The predicted octanol–water partition coefficient (Wildman–Crippen LogP) is 0.935. The average molecular weight is 356 g/mol. The summed E-state index contributed by atoms with van der Waals surface area (Å²) in [5.74, 6) is -1.70. The molecule has 1 aliphatic heterocycles. The van der Waals surface area contributed by atoms with Crippen molar-refractivity contribution in [3.05, 3.63) is 41.6 Å². The van der Waals surface area contributed by atoms with Crippen LogP contribution < -0.4 is 16.0 Å². The first-order chi connectivity index (χ1) is 12.6. The number of benzene rings is 1. The number of anilines is 1. The molecule has 0 unspecified atom stereocenters. The quantitative estimate of drug-likeness (QED) is 0.410. The standard InChI is InChI=1S/C18H20N4O4/c1-26-18(25)14-4-2-3-5-15(14)22-17(24)13(10-19)11-21-16(23)12-6-8-20-9-7-12/h2-5,11-12,20H,6-9H2,1H3,(H,21,23)(H,22,24)/b13-11-. The molecule has 1 aliphatic rings. The van der Waals surface area contributed by atoms with Crippen LogP contribution in [0.3, 0.4) is 0 Å². The van der Waals surface area contributed by atoms with Crippen LogP contribution in [0, 0.1) is 17.2 Å². The van der Waals surface area contributed by atoms with Crippen molar-refractivity contribution < 1.29 is 19.1 Å². The van der Waals surface area contributed by atoms with Gasteiger partial charge in [-0.2, -0.15) is 5.26 Å². The predicted molar refractivity (Wildman–Crippen MR) is 93.8 cm³/mol. The lowest BCUT2D eigenvalue weighted by Crippen LogP contribution is -2.36. The molecule has 1 aromatic rings. The maximum atomic E-state index is 12.3. The molecule has 8 nitrogen and oxygen atoms in total. The third kappa shape index (κ3) is 4.91. The van der Waals surface area contributed by atoms with Gasteiger partial charge in [-0.05, 0) is 38.1 Å². The Balaban J connectivity index is 2.06. The zero-order valence-electron chi connectivity index (χ0n) is 14.4. The summed E-state index contributed by atoms with van der Waals surface area (Å²) in [6, 6.07) is 8.03. The molecule has 0 radical (unpaired) electrons. The number of esters is 1. The number of para-hydroxylation sites is 1. The van der Waals surface area contributed by atoms with Crippen molar-refractivity contribution in [3.63, 3.8) is 0 Å². The van der Waals surface area contributed by atoms with Crippen LogP contribution in [0.4, 0.5) is 5.69 Å². The minimum Gasteiger partial charge on any atom is -0.465 e. The number of nitrogens with zero attached hydrogens (tertiary/aromatic N) is 1. The highest BCUT2D eigenvalue weighted by Crippen LogP contribution is 2.17. The SMILES string of the molecule is COC(=O)c1ccccc1NC(=O)/C(C#N)=C\NC(=O)C1CCNCC1. The minimum atomic E-state index is -0.727. The van der Waals surface area contributed by atoms with E-state index in [1.807, 2.05) is 0 Å². The molecule has 0 spiro atoms. The number of hydrogen-bond acceptors (Lipinski definition) is 6. The van der Waals surface area contributed by atoms with Crippen LogP contribution in [-0.4, -0.2) is 38.0 Å². The van der Waals surface area contributed by atoms with Gasteiger partial charge in [0.05, 0.1) is 18.4 Å². The van der Waals surface area contributed by atoms with Gasteiger partial charge in [0.15, 0.2) is 0 Å². The third-order valence-electron chi connectivity index (χ3n) is 4.01. The number of hydrogen-bond donors (Lipinski definition) is 3. The van der Waals surface area contributed by atoms with E-state index in [2.05, 4.69) is 20.7 Å². The second kappa shape index (κ2) is 9.34. The fraction of sp³-hybridized carbons (Fsp3) is 0.333. The molecule has 1 fully saturated rings. The Bertz CT molecular complexity index is 761. The molecule has 0 bridgehead atoms. The first kappa shape index (κ1) is 19.1. The Kier molecular flexibility index (Phi) is 6.88. The van der Waals surface area contributed by atoms with Gasteiger partial charge in [0.2, 0.25) is 5.91 Å². The number of nitrogens with one attached hydrogen (secondary N) is 3. The summed E-state index contributed by atoms with van der Waals surface area (Å²) in [5, 5.41) is 17.4. The largest absolute Gasteiger partial charge is 0.465 e. The number of rotatable bonds is 5. The first-order valence-electron chi connectivity index (χ1n) is 8.17. The summed E-state index contributed by atoms with van der Waals surface area (Å²) < 4.78 is 4.66. The highest BCUT2D eigenvalue weighted by atomic mass is 16.5. The fourth-order valence-corrected chi connectivity index (χ4v) is 2.56. The lowest BCUT2D eigenvalue weighted by atomic mass is 9.97. The van der Waals surface area contributed by atoms with Gasteiger partial charge >= 0.3 is 5.97 Å². The van der Waals surface area contributed by atoms with Gasteiger partial charge in [0, 0.05) is 12.1 Å². The van der Waals surface area contributed by atoms with Crippen molar-refractivity contribution in [2.75, 3.05) is 25.5 Å². The maximum Gasteiger partial charge on any atom is 0.339 e. The van der Waals surface area contributed by atoms with Crippen LogP contribution in [0.15, 0.2) is 36.0 Å². The van der Waals surface area contributed by atoms with Crippen LogP contribution in [0.1, 0.15) is 23.2 Å². The van der Waals surface area contributed by atoms with Crippen LogP contribution >= 0.6 is 0 Å². The molecule has 136 valence electrons. The number of piperidine rings is 1. The number of amides is 2. The zero-order valence-corrected chi connectivity index (χ0v) is 14.4. The van der Waals surface area contributed by atoms with Gasteiger partial charge in [0.1, 0.15) is 11.6 Å². The fourth-order valence-electron chi connectivity index (χ4n) is 2.56. The first-order valence-corrected chi connectivity index (χ1v) is 8.17. The van der Waals surface area contributed by atoms with E-state index >= 15 is 0 Å². The molecule has 0 aromatic heterocycles. The second-order valence-corrected chi connectivity index (χ2v) is 5.69. The van der Waals surface area contributed by atoms with Crippen molar-refractivity contribution in [2.24, 2.45) is 5.92 Å². The molecule has 0 atom stereocenters. The molecular weight excluding hydrogens is 336 g/mol. The summed E-state index contributed by atoms with van der Waals surface area (Å²) in [6.07, 6.45) is 2.51. The molecule has 2 amide bonds. The van der Waals surface area contributed by atoms with E-state index in [9.17, 15) is 19.6 Å². The summed E-state index contributed by atoms with van der Waals surface area (Å²) in [4.78, 5) is 36.1. The number of methoxy groups -OCH3 is 1. The summed E-state index contributed by atoms with van der Waals surface area (Å²) in [7, 11) is 1.23. The van der Waals surface area contributed by atoms with Crippen LogP contribution in [-0.2, 0) is 14.3 Å². The van der Waals surface area contributed by atoms with Crippen LogP contribution in [0.2, 0.25) is 0 Å². The Labute approximate surface area is 151 Å². The number of nitriles is 1. The van der Waals surface area contributed by atoms with Gasteiger partial charge in [-0.25, -0.2) is 4.79 Å². The van der Waals surface area contributed by atoms with E-state index in [-0.39, 0.29) is 28.6 Å². The van der Waals surface area contributed by atoms with Crippen molar-refractivity contribution in [1.29, 1.82) is 5.26 Å². The van der Waals surface area contributed by atoms with Gasteiger partial charge in [-0.3, -0.25) is 9.59 Å². The Hall–Kier alpha value is -3.18. The third-order valence-corrected chi connectivity index (χ3v) is 4.01. The van der Waals surface area contributed by atoms with E-state index in [0.29, 0.717) is 12.8 Å².